The Labute approximate surface area is 250 Å². The van der Waals surface area contributed by atoms with E-state index in [1.54, 1.807) is 0 Å². The molecule has 1 aliphatic heterocycles. The summed E-state index contributed by atoms with van der Waals surface area (Å²) in [5, 5.41) is 0. The fourth-order valence-electron chi connectivity index (χ4n) is 4.93. The summed E-state index contributed by atoms with van der Waals surface area (Å²) in [6, 6.07) is 11.0. The molecule has 4 rings (SSSR count). The van der Waals surface area contributed by atoms with Crippen molar-refractivity contribution in [2.45, 2.75) is 71.7 Å². The normalized spacial score (nSPS) is 16.7. The summed E-state index contributed by atoms with van der Waals surface area (Å²) in [5.41, 5.74) is -0.0806. The van der Waals surface area contributed by atoms with Gasteiger partial charge in [0, 0.05) is 17.0 Å². The molecule has 0 N–H and O–H groups in total. The Bertz CT molecular complexity index is 1350. The second kappa shape index (κ2) is 15.9. The van der Waals surface area contributed by atoms with E-state index < -0.39 is 41.3 Å². The lowest BCUT2D eigenvalue weighted by molar-refractivity contribution is -0.299. The molecule has 0 bridgehead atoms. The minimum atomic E-state index is -1.38. The molecule has 1 saturated heterocycles. The number of carbonyl (C=O) groups excluding carboxylic acids is 1. The summed E-state index contributed by atoms with van der Waals surface area (Å²) >= 11 is 0. The van der Waals surface area contributed by atoms with Crippen LogP contribution in [0.15, 0.2) is 48.5 Å². The Hall–Kier alpha value is -3.43. The van der Waals surface area contributed by atoms with Gasteiger partial charge in [-0.25, -0.2) is 18.0 Å². The van der Waals surface area contributed by atoms with Gasteiger partial charge in [0.05, 0.1) is 25.4 Å². The van der Waals surface area contributed by atoms with Crippen molar-refractivity contribution in [3.05, 3.63) is 77.4 Å². The lowest BCUT2D eigenvalue weighted by atomic mass is 9.98. The molecule has 0 radical (unpaired) electrons. The number of esters is 1. The predicted octanol–water partition coefficient (Wildman–Crippen LogP) is 9.22. The fourth-order valence-corrected chi connectivity index (χ4v) is 4.93. The van der Waals surface area contributed by atoms with Crippen LogP contribution in [-0.2, 0) is 14.2 Å². The molecule has 0 aromatic heterocycles. The van der Waals surface area contributed by atoms with Crippen molar-refractivity contribution in [2.75, 3.05) is 19.8 Å². The van der Waals surface area contributed by atoms with Crippen LogP contribution >= 0.6 is 0 Å². The lowest BCUT2D eigenvalue weighted by Gasteiger charge is -2.28. The van der Waals surface area contributed by atoms with Gasteiger partial charge in [0.1, 0.15) is 0 Å². The molecule has 1 fully saturated rings. The first-order chi connectivity index (χ1) is 20.8. The third-order valence-electron chi connectivity index (χ3n) is 7.47. The first kappa shape index (κ1) is 32.5. The molecule has 0 atom stereocenters. The zero-order chi connectivity index (χ0) is 30.8. The van der Waals surface area contributed by atoms with E-state index in [-0.39, 0.29) is 28.4 Å². The van der Waals surface area contributed by atoms with Crippen LogP contribution in [0.25, 0.3) is 22.3 Å². The van der Waals surface area contributed by atoms with E-state index in [1.807, 2.05) is 0 Å². The van der Waals surface area contributed by atoms with E-state index >= 15 is 4.39 Å². The van der Waals surface area contributed by atoms with Gasteiger partial charge < -0.3 is 18.9 Å². The maximum atomic E-state index is 15.1. The molecule has 3 aromatic carbocycles. The number of ether oxygens (including phenoxy) is 4. The molecule has 43 heavy (non-hydrogen) atoms. The Kier molecular flexibility index (Phi) is 12.0. The average molecular weight is 603 g/mol. The van der Waals surface area contributed by atoms with Gasteiger partial charge in [0.2, 0.25) is 5.82 Å². The number of hydrogen-bond acceptors (Lipinski definition) is 5. The monoisotopic (exact) mass is 602 g/mol. The summed E-state index contributed by atoms with van der Waals surface area (Å²) in [7, 11) is 0. The third kappa shape index (κ3) is 8.36. The highest BCUT2D eigenvalue weighted by Crippen LogP contribution is 2.33. The summed E-state index contributed by atoms with van der Waals surface area (Å²) in [6.45, 7) is 3.90. The second-order valence-electron chi connectivity index (χ2n) is 10.7. The van der Waals surface area contributed by atoms with Crippen molar-refractivity contribution in [2.24, 2.45) is 5.92 Å². The number of benzene rings is 3. The molecule has 232 valence electrons. The van der Waals surface area contributed by atoms with Crippen LogP contribution in [-0.4, -0.2) is 32.3 Å². The van der Waals surface area contributed by atoms with E-state index in [0.29, 0.717) is 25.4 Å². The minimum absolute atomic E-state index is 0.00607. The Morgan fingerprint density at radius 3 is 1.93 bits per heavy atom. The van der Waals surface area contributed by atoms with E-state index in [9.17, 15) is 18.0 Å². The van der Waals surface area contributed by atoms with Crippen LogP contribution in [0.2, 0.25) is 0 Å². The van der Waals surface area contributed by atoms with Crippen molar-refractivity contribution in [3.63, 3.8) is 0 Å². The predicted molar refractivity (Wildman–Crippen MR) is 156 cm³/mol. The Morgan fingerprint density at radius 2 is 1.30 bits per heavy atom. The van der Waals surface area contributed by atoms with Gasteiger partial charge in [-0.15, -0.1) is 0 Å². The molecular weight excluding hydrogens is 564 g/mol. The van der Waals surface area contributed by atoms with Crippen molar-refractivity contribution in [1.82, 2.24) is 0 Å². The van der Waals surface area contributed by atoms with Gasteiger partial charge >= 0.3 is 12.4 Å². The summed E-state index contributed by atoms with van der Waals surface area (Å²) < 4.78 is 80.9. The van der Waals surface area contributed by atoms with Crippen molar-refractivity contribution < 1.29 is 41.3 Å². The molecule has 9 heteroatoms. The molecule has 3 aromatic rings. The molecule has 1 heterocycles. The molecule has 0 unspecified atom stereocenters. The number of halogens is 4. The zero-order valence-corrected chi connectivity index (χ0v) is 24.6. The summed E-state index contributed by atoms with van der Waals surface area (Å²) in [5.74, 6) is -5.84. The minimum Gasteiger partial charge on any atom is -0.490 e. The standard InChI is InChI=1S/C34H38F4O5/c1-3-5-7-9-19-40-28-18-17-26(30(36)32(28)38)24-13-11-23(12-14-24)25-15-16-27(31(37)29(25)35)33(39)43-34-41-20-22(21-42-34)10-8-6-4-2/h11-18,22,34H,3-10,19-21H2,1-2H3. The Balaban J connectivity index is 1.39. The number of carbonyl (C=O) groups is 1. The molecule has 0 amide bonds. The van der Waals surface area contributed by atoms with Crippen molar-refractivity contribution >= 4 is 5.97 Å². The van der Waals surface area contributed by atoms with Crippen LogP contribution in [0, 0.1) is 29.2 Å². The topological polar surface area (TPSA) is 54.0 Å². The average Bonchev–Trinajstić information content (AvgIpc) is 3.01. The maximum absolute atomic E-state index is 15.1. The van der Waals surface area contributed by atoms with Gasteiger partial charge in [-0.2, -0.15) is 4.39 Å². The van der Waals surface area contributed by atoms with Gasteiger partial charge in [-0.1, -0.05) is 82.7 Å². The lowest BCUT2D eigenvalue weighted by Crippen LogP contribution is -2.35. The van der Waals surface area contributed by atoms with Crippen LogP contribution in [0.1, 0.15) is 75.6 Å². The number of unbranched alkanes of at least 4 members (excludes halogenated alkanes) is 5. The number of rotatable bonds is 14. The first-order valence-corrected chi connectivity index (χ1v) is 15.0. The first-order valence-electron chi connectivity index (χ1n) is 15.0. The van der Waals surface area contributed by atoms with Crippen LogP contribution < -0.4 is 4.74 Å². The zero-order valence-electron chi connectivity index (χ0n) is 24.6. The fraction of sp³-hybridized carbons (Fsp3) is 0.441. The van der Waals surface area contributed by atoms with Gasteiger partial charge in [0.25, 0.3) is 0 Å². The van der Waals surface area contributed by atoms with Gasteiger partial charge in [-0.05, 0) is 42.2 Å². The van der Waals surface area contributed by atoms with E-state index in [4.69, 9.17) is 18.9 Å². The van der Waals surface area contributed by atoms with Crippen LogP contribution in [0.4, 0.5) is 17.6 Å². The van der Waals surface area contributed by atoms with E-state index in [0.717, 1.165) is 57.4 Å². The summed E-state index contributed by atoms with van der Waals surface area (Å²) in [4.78, 5) is 12.5. The van der Waals surface area contributed by atoms with Crippen LogP contribution in [0.3, 0.4) is 0 Å². The third-order valence-corrected chi connectivity index (χ3v) is 7.47. The maximum Gasteiger partial charge on any atom is 0.345 e. The molecule has 0 spiro atoms. The SMILES string of the molecule is CCCCCCOc1ccc(-c2ccc(-c3ccc(C(=O)OC4OCC(CCCCC)CO4)c(F)c3F)cc2)c(F)c1F. The van der Waals surface area contributed by atoms with Crippen molar-refractivity contribution in [3.8, 4) is 28.0 Å². The molecular formula is C34H38F4O5. The highest BCUT2D eigenvalue weighted by atomic mass is 19.2. The molecule has 1 aliphatic rings. The van der Waals surface area contributed by atoms with Gasteiger partial charge in [-0.3, -0.25) is 0 Å². The highest BCUT2D eigenvalue weighted by Gasteiger charge is 2.28. The molecule has 0 aliphatic carbocycles. The number of hydrogen-bond donors (Lipinski definition) is 0. The van der Waals surface area contributed by atoms with Crippen LogP contribution in [0.5, 0.6) is 5.75 Å². The van der Waals surface area contributed by atoms with E-state index in [2.05, 4.69) is 13.8 Å². The molecule has 0 saturated carbocycles. The van der Waals surface area contributed by atoms with E-state index in [1.165, 1.54) is 42.5 Å². The quantitative estimate of drug-likeness (QED) is 0.105. The van der Waals surface area contributed by atoms with Gasteiger partial charge in [0.15, 0.2) is 23.2 Å². The molecule has 5 nitrogen and oxygen atoms in total. The van der Waals surface area contributed by atoms with Crippen molar-refractivity contribution in [1.29, 1.82) is 0 Å². The summed E-state index contributed by atoms with van der Waals surface area (Å²) in [6.07, 6.45) is 8.01. The largest absolute Gasteiger partial charge is 0.490 e. The smallest absolute Gasteiger partial charge is 0.345 e. The highest BCUT2D eigenvalue weighted by molar-refractivity contribution is 5.90. The second-order valence-corrected chi connectivity index (χ2v) is 10.7. The Morgan fingerprint density at radius 1 is 0.721 bits per heavy atom.